The lowest BCUT2D eigenvalue weighted by atomic mass is 10.2. The van der Waals surface area contributed by atoms with Crippen molar-refractivity contribution in [3.05, 3.63) is 48.3 Å². The van der Waals surface area contributed by atoms with Crippen LogP contribution < -0.4 is 4.74 Å². The van der Waals surface area contributed by atoms with Crippen molar-refractivity contribution >= 4 is 11.1 Å². The van der Waals surface area contributed by atoms with E-state index in [1.54, 1.807) is 25.3 Å². The van der Waals surface area contributed by atoms with Gasteiger partial charge < -0.3 is 14.3 Å². The summed E-state index contributed by atoms with van der Waals surface area (Å²) in [7, 11) is 1.62. The second kappa shape index (κ2) is 5.74. The Morgan fingerprint density at radius 1 is 1.17 bits per heavy atom. The van der Waals surface area contributed by atoms with Gasteiger partial charge in [0.15, 0.2) is 5.58 Å². The van der Waals surface area contributed by atoms with Crippen molar-refractivity contribution in [3.8, 4) is 22.9 Å². The molecule has 0 unspecified atom stereocenters. The van der Waals surface area contributed by atoms with Gasteiger partial charge in [-0.05, 0) is 47.7 Å². The minimum absolute atomic E-state index is 0.256. The maximum absolute atomic E-state index is 9.02. The van der Waals surface area contributed by atoms with Crippen LogP contribution in [0.5, 0.6) is 5.75 Å². The Hall–Kier alpha value is -3.26. The summed E-state index contributed by atoms with van der Waals surface area (Å²) in [6, 6.07) is 12.9. The Bertz CT molecular complexity index is 991. The normalized spacial score (nSPS) is 11.1. The van der Waals surface area contributed by atoms with Crippen molar-refractivity contribution in [2.75, 3.05) is 7.11 Å². The van der Waals surface area contributed by atoms with Crippen molar-refractivity contribution in [3.63, 3.8) is 0 Å². The van der Waals surface area contributed by atoms with Crippen molar-refractivity contribution < 1.29 is 14.3 Å². The van der Waals surface area contributed by atoms with Gasteiger partial charge in [-0.1, -0.05) is 0 Å². The van der Waals surface area contributed by atoms with Gasteiger partial charge in [0.1, 0.15) is 17.9 Å². The van der Waals surface area contributed by atoms with Crippen LogP contribution in [-0.4, -0.2) is 37.4 Å². The van der Waals surface area contributed by atoms with Gasteiger partial charge in [0.2, 0.25) is 11.7 Å². The highest BCUT2D eigenvalue weighted by atomic mass is 16.5. The molecule has 2 aromatic carbocycles. The Morgan fingerprint density at radius 2 is 2.00 bits per heavy atom. The third kappa shape index (κ3) is 2.48. The molecule has 1 N–H and O–H groups in total. The molecule has 0 saturated carbocycles. The number of aromatic nitrogens is 5. The Morgan fingerprint density at radius 3 is 2.71 bits per heavy atom. The van der Waals surface area contributed by atoms with E-state index >= 15 is 0 Å². The molecule has 24 heavy (non-hydrogen) atoms. The highest BCUT2D eigenvalue weighted by molar-refractivity contribution is 5.78. The van der Waals surface area contributed by atoms with Crippen molar-refractivity contribution in [1.82, 2.24) is 25.2 Å². The smallest absolute Gasteiger partial charge is 0.227 e. The lowest BCUT2D eigenvalue weighted by molar-refractivity contribution is 0.271. The topological polar surface area (TPSA) is 99.1 Å². The van der Waals surface area contributed by atoms with E-state index in [4.69, 9.17) is 14.3 Å². The molecule has 2 heterocycles. The molecule has 4 aromatic rings. The number of aliphatic hydroxyl groups excluding tert-OH is 1. The summed E-state index contributed by atoms with van der Waals surface area (Å²) < 4.78 is 10.9. The fourth-order valence-corrected chi connectivity index (χ4v) is 2.31. The maximum Gasteiger partial charge on any atom is 0.227 e. The standard InChI is InChI=1S/C16H13N5O3/c1-23-12-5-2-10(3-6-12)16-17-13-8-11(4-7-14(13)24-16)21-19-15(9-22)18-20-21/h2-8,22H,9H2,1H3. The molecule has 0 fully saturated rings. The van der Waals surface area contributed by atoms with E-state index in [1.165, 1.54) is 4.80 Å². The molecule has 8 nitrogen and oxygen atoms in total. The molecule has 0 radical (unpaired) electrons. The van der Waals surface area contributed by atoms with Gasteiger partial charge in [0, 0.05) is 5.56 Å². The molecule has 0 aliphatic carbocycles. The molecule has 0 spiro atoms. The van der Waals surface area contributed by atoms with Gasteiger partial charge in [0.25, 0.3) is 0 Å². The molecule has 0 atom stereocenters. The van der Waals surface area contributed by atoms with Crippen LogP contribution in [0.4, 0.5) is 0 Å². The number of rotatable bonds is 4. The molecule has 0 saturated heterocycles. The van der Waals surface area contributed by atoms with Crippen LogP contribution in [0.3, 0.4) is 0 Å². The Kier molecular flexibility index (Phi) is 3.43. The predicted molar refractivity (Wildman–Crippen MR) is 84.6 cm³/mol. The van der Waals surface area contributed by atoms with Crippen molar-refractivity contribution in [2.24, 2.45) is 0 Å². The lowest BCUT2D eigenvalue weighted by Crippen LogP contribution is -1.99. The van der Waals surface area contributed by atoms with Crippen LogP contribution >= 0.6 is 0 Å². The van der Waals surface area contributed by atoms with E-state index in [2.05, 4.69) is 20.4 Å². The zero-order valence-corrected chi connectivity index (χ0v) is 12.7. The summed E-state index contributed by atoms with van der Waals surface area (Å²) in [5, 5.41) is 20.7. The minimum Gasteiger partial charge on any atom is -0.497 e. The summed E-state index contributed by atoms with van der Waals surface area (Å²) in [5.41, 5.74) is 2.88. The fourth-order valence-electron chi connectivity index (χ4n) is 2.31. The number of methoxy groups -OCH3 is 1. The van der Waals surface area contributed by atoms with Gasteiger partial charge in [-0.15, -0.1) is 15.0 Å². The number of aliphatic hydroxyl groups is 1. The summed E-state index contributed by atoms with van der Waals surface area (Å²) in [5.74, 6) is 1.55. The first-order valence-corrected chi connectivity index (χ1v) is 7.22. The van der Waals surface area contributed by atoms with Crippen molar-refractivity contribution in [1.29, 1.82) is 0 Å². The SMILES string of the molecule is COc1ccc(-c2nc3cc(-n4nnc(CO)n4)ccc3o2)cc1. The quantitative estimate of drug-likeness (QED) is 0.613. The number of fused-ring (bicyclic) bond motifs is 1. The zero-order chi connectivity index (χ0) is 16.5. The van der Waals surface area contributed by atoms with Crippen LogP contribution in [0, 0.1) is 0 Å². The highest BCUT2D eigenvalue weighted by Gasteiger charge is 2.11. The van der Waals surface area contributed by atoms with Crippen LogP contribution in [0.1, 0.15) is 5.82 Å². The molecule has 0 bridgehead atoms. The van der Waals surface area contributed by atoms with E-state index in [1.807, 2.05) is 24.3 Å². The summed E-state index contributed by atoms with van der Waals surface area (Å²) in [6.45, 7) is -0.256. The Labute approximate surface area is 136 Å². The third-order valence-corrected chi connectivity index (χ3v) is 3.54. The largest absolute Gasteiger partial charge is 0.497 e. The molecule has 0 aliphatic rings. The fraction of sp³-hybridized carbons (Fsp3) is 0.125. The first-order valence-electron chi connectivity index (χ1n) is 7.22. The first kappa shape index (κ1) is 14.3. The lowest BCUT2D eigenvalue weighted by Gasteiger charge is -1.99. The molecule has 2 aromatic heterocycles. The van der Waals surface area contributed by atoms with E-state index in [0.717, 1.165) is 11.3 Å². The molecule has 8 heteroatoms. The zero-order valence-electron chi connectivity index (χ0n) is 12.7. The van der Waals surface area contributed by atoms with Crippen molar-refractivity contribution in [2.45, 2.75) is 6.61 Å². The summed E-state index contributed by atoms with van der Waals surface area (Å²) in [6.07, 6.45) is 0. The van der Waals surface area contributed by atoms with Gasteiger partial charge >= 0.3 is 0 Å². The number of tetrazole rings is 1. The predicted octanol–water partition coefficient (Wildman–Crippen LogP) is 1.97. The first-order chi connectivity index (χ1) is 11.8. The summed E-state index contributed by atoms with van der Waals surface area (Å²) >= 11 is 0. The van der Waals surface area contributed by atoms with Crippen LogP contribution in [0.25, 0.3) is 28.2 Å². The molecule has 0 amide bonds. The number of hydrogen-bond acceptors (Lipinski definition) is 7. The Balaban J connectivity index is 1.72. The third-order valence-electron chi connectivity index (χ3n) is 3.54. The van der Waals surface area contributed by atoms with Gasteiger partial charge in [0.05, 0.1) is 12.8 Å². The van der Waals surface area contributed by atoms with E-state index in [9.17, 15) is 0 Å². The number of oxazole rings is 1. The second-order valence-corrected chi connectivity index (χ2v) is 5.05. The minimum atomic E-state index is -0.256. The van der Waals surface area contributed by atoms with E-state index < -0.39 is 0 Å². The van der Waals surface area contributed by atoms with Crippen LogP contribution in [0.15, 0.2) is 46.9 Å². The maximum atomic E-state index is 9.02. The average Bonchev–Trinajstić information content (AvgIpc) is 3.27. The highest BCUT2D eigenvalue weighted by Crippen LogP contribution is 2.26. The molecular formula is C16H13N5O3. The number of hydrogen-bond donors (Lipinski definition) is 1. The molecule has 4 rings (SSSR count). The van der Waals surface area contributed by atoms with E-state index in [-0.39, 0.29) is 12.4 Å². The monoisotopic (exact) mass is 323 g/mol. The molecular weight excluding hydrogens is 310 g/mol. The van der Waals surface area contributed by atoms with Gasteiger partial charge in [-0.2, -0.15) is 0 Å². The summed E-state index contributed by atoms with van der Waals surface area (Å²) in [4.78, 5) is 5.85. The van der Waals surface area contributed by atoms with E-state index in [0.29, 0.717) is 22.7 Å². The van der Waals surface area contributed by atoms with Gasteiger partial charge in [-0.25, -0.2) is 4.98 Å². The van der Waals surface area contributed by atoms with Gasteiger partial charge in [-0.3, -0.25) is 0 Å². The number of ether oxygens (including phenoxy) is 1. The second-order valence-electron chi connectivity index (χ2n) is 5.05. The number of benzene rings is 2. The molecule has 0 aliphatic heterocycles. The molecule has 120 valence electrons. The van der Waals surface area contributed by atoms with Crippen LogP contribution in [0.2, 0.25) is 0 Å². The van der Waals surface area contributed by atoms with Crippen LogP contribution in [-0.2, 0) is 6.61 Å². The average molecular weight is 323 g/mol. The number of nitrogens with zero attached hydrogens (tertiary/aromatic N) is 5.